The summed E-state index contributed by atoms with van der Waals surface area (Å²) in [6.07, 6.45) is -0.280. The monoisotopic (exact) mass is 413 g/mol. The van der Waals surface area contributed by atoms with Crippen molar-refractivity contribution >= 4 is 17.2 Å². The third-order valence-corrected chi connectivity index (χ3v) is 5.67. The number of hydrazone groups is 1. The average Bonchev–Trinajstić information content (AvgIpc) is 3.24. The number of nitro benzene ring substituents is 1. The lowest BCUT2D eigenvalue weighted by molar-refractivity contribution is -0.384. The fourth-order valence-electron chi connectivity index (χ4n) is 4.02. The number of benzene rings is 3. The topological polar surface area (TPSA) is 85.0 Å². The zero-order chi connectivity index (χ0) is 21.5. The zero-order valence-electron chi connectivity index (χ0n) is 16.8. The molecule has 0 bridgehead atoms. The first-order valence-electron chi connectivity index (χ1n) is 9.98. The van der Waals surface area contributed by atoms with Crippen molar-refractivity contribution in [1.29, 1.82) is 0 Å². The van der Waals surface area contributed by atoms with Gasteiger partial charge in [-0.1, -0.05) is 48.0 Å². The second-order valence-corrected chi connectivity index (χ2v) is 7.69. The Labute approximate surface area is 178 Å². The number of ether oxygens (including phenoxy) is 1. The molecule has 0 spiro atoms. The SMILES string of the molecule is Cc1ccc(C2=NN3[C@@H](C(=O)c4ccc([N+](=O)[O-])cc4)Oc4ccccc4[C@H]3C2)cc1. The van der Waals surface area contributed by atoms with E-state index in [1.54, 1.807) is 5.01 Å². The molecule has 0 amide bonds. The predicted molar refractivity (Wildman–Crippen MR) is 115 cm³/mol. The summed E-state index contributed by atoms with van der Waals surface area (Å²) in [6, 6.07) is 21.3. The van der Waals surface area contributed by atoms with Crippen molar-refractivity contribution in [3.63, 3.8) is 0 Å². The fraction of sp³-hybridized carbons (Fsp3) is 0.167. The second kappa shape index (κ2) is 7.36. The highest BCUT2D eigenvalue weighted by molar-refractivity contribution is 6.03. The van der Waals surface area contributed by atoms with E-state index >= 15 is 0 Å². The van der Waals surface area contributed by atoms with Gasteiger partial charge in [-0.15, -0.1) is 0 Å². The average molecular weight is 413 g/mol. The highest BCUT2D eigenvalue weighted by Gasteiger charge is 2.43. The van der Waals surface area contributed by atoms with Gasteiger partial charge >= 0.3 is 0 Å². The van der Waals surface area contributed by atoms with E-state index in [0.717, 1.165) is 16.8 Å². The Balaban J connectivity index is 1.52. The first kappa shape index (κ1) is 19.0. The summed E-state index contributed by atoms with van der Waals surface area (Å²) in [5, 5.41) is 17.4. The number of ketones is 1. The Morgan fingerprint density at radius 3 is 2.48 bits per heavy atom. The van der Waals surface area contributed by atoms with Gasteiger partial charge in [-0.25, -0.2) is 5.01 Å². The number of hydrogen-bond acceptors (Lipinski definition) is 6. The van der Waals surface area contributed by atoms with E-state index in [9.17, 15) is 14.9 Å². The lowest BCUT2D eigenvalue weighted by atomic mass is 9.95. The van der Waals surface area contributed by atoms with Crippen LogP contribution in [0.2, 0.25) is 0 Å². The molecule has 154 valence electrons. The molecule has 2 atom stereocenters. The molecular formula is C24H19N3O4. The minimum absolute atomic E-state index is 0.0646. The highest BCUT2D eigenvalue weighted by Crippen LogP contribution is 2.43. The second-order valence-electron chi connectivity index (χ2n) is 7.69. The molecule has 0 saturated heterocycles. The molecule has 0 unspecified atom stereocenters. The van der Waals surface area contributed by atoms with Crippen LogP contribution in [0, 0.1) is 17.0 Å². The standard InChI is InChI=1S/C24H19N3O4/c1-15-6-8-16(9-7-15)20-14-21-19-4-2-3-5-22(19)31-24(26(21)25-20)23(28)17-10-12-18(13-11-17)27(29)30/h2-13,21,24H,14H2,1H3/t21-,24-/m1/s1. The van der Waals surface area contributed by atoms with Crippen molar-refractivity contribution in [3.05, 3.63) is 105 Å². The Hall–Kier alpha value is -4.00. The maximum Gasteiger partial charge on any atom is 0.269 e. The Morgan fingerprint density at radius 2 is 1.77 bits per heavy atom. The van der Waals surface area contributed by atoms with E-state index in [2.05, 4.69) is 0 Å². The zero-order valence-corrected chi connectivity index (χ0v) is 16.8. The number of non-ortho nitro benzene ring substituents is 1. The van der Waals surface area contributed by atoms with Crippen LogP contribution in [0.1, 0.15) is 39.5 Å². The molecule has 0 aromatic heterocycles. The van der Waals surface area contributed by atoms with Gasteiger partial charge in [0.1, 0.15) is 5.75 Å². The molecule has 2 heterocycles. The third-order valence-electron chi connectivity index (χ3n) is 5.67. The molecule has 0 N–H and O–H groups in total. The van der Waals surface area contributed by atoms with Crippen molar-refractivity contribution in [2.45, 2.75) is 25.6 Å². The summed E-state index contributed by atoms with van der Waals surface area (Å²) >= 11 is 0. The van der Waals surface area contributed by atoms with Crippen LogP contribution in [0.4, 0.5) is 5.69 Å². The molecule has 7 nitrogen and oxygen atoms in total. The van der Waals surface area contributed by atoms with Crippen molar-refractivity contribution in [2.24, 2.45) is 5.10 Å². The number of aryl methyl sites for hydroxylation is 1. The van der Waals surface area contributed by atoms with Gasteiger partial charge in [-0.05, 0) is 30.7 Å². The summed E-state index contributed by atoms with van der Waals surface area (Å²) in [6.45, 7) is 2.03. The van der Waals surface area contributed by atoms with E-state index in [4.69, 9.17) is 9.84 Å². The van der Waals surface area contributed by atoms with E-state index in [1.807, 2.05) is 55.5 Å². The molecular weight excluding hydrogens is 394 g/mol. The minimum atomic E-state index is -0.940. The largest absolute Gasteiger partial charge is 0.461 e. The molecule has 3 aromatic carbocycles. The molecule has 3 aromatic rings. The van der Waals surface area contributed by atoms with Crippen LogP contribution in [0.15, 0.2) is 77.9 Å². The molecule has 5 rings (SSSR count). The summed E-state index contributed by atoms with van der Waals surface area (Å²) in [7, 11) is 0. The summed E-state index contributed by atoms with van der Waals surface area (Å²) in [4.78, 5) is 23.8. The Morgan fingerprint density at radius 1 is 1.06 bits per heavy atom. The molecule has 0 aliphatic carbocycles. The lowest BCUT2D eigenvalue weighted by Crippen LogP contribution is -2.45. The fourth-order valence-corrected chi connectivity index (χ4v) is 4.02. The minimum Gasteiger partial charge on any atom is -0.461 e. The van der Waals surface area contributed by atoms with E-state index in [-0.39, 0.29) is 17.5 Å². The van der Waals surface area contributed by atoms with Crippen LogP contribution in [-0.2, 0) is 0 Å². The van der Waals surface area contributed by atoms with Gasteiger partial charge in [-0.3, -0.25) is 14.9 Å². The molecule has 2 aliphatic heterocycles. The number of carbonyl (C=O) groups excluding carboxylic acids is 1. The number of hydrogen-bond donors (Lipinski definition) is 0. The number of Topliss-reactive ketones (excluding diaryl/α,β-unsaturated/α-hetero) is 1. The predicted octanol–water partition coefficient (Wildman–Crippen LogP) is 4.66. The number of carbonyl (C=O) groups is 1. The maximum atomic E-state index is 13.3. The van der Waals surface area contributed by atoms with Crippen LogP contribution >= 0.6 is 0 Å². The normalized spacial score (nSPS) is 19.1. The van der Waals surface area contributed by atoms with Crippen molar-refractivity contribution < 1.29 is 14.5 Å². The van der Waals surface area contributed by atoms with Gasteiger partial charge in [-0.2, -0.15) is 5.10 Å². The Kier molecular flexibility index (Phi) is 4.51. The van der Waals surface area contributed by atoms with Gasteiger partial charge < -0.3 is 4.74 Å². The number of para-hydroxylation sites is 1. The number of rotatable bonds is 4. The summed E-state index contributed by atoms with van der Waals surface area (Å²) < 4.78 is 6.08. The van der Waals surface area contributed by atoms with Crippen molar-refractivity contribution in [1.82, 2.24) is 5.01 Å². The van der Waals surface area contributed by atoms with E-state index < -0.39 is 11.2 Å². The molecule has 31 heavy (non-hydrogen) atoms. The summed E-state index contributed by atoms with van der Waals surface area (Å²) in [5.41, 5.74) is 4.34. The first-order chi connectivity index (χ1) is 15.0. The van der Waals surface area contributed by atoms with Crippen LogP contribution < -0.4 is 4.74 Å². The molecule has 2 aliphatic rings. The molecule has 0 radical (unpaired) electrons. The van der Waals surface area contributed by atoms with Crippen LogP contribution in [0.5, 0.6) is 5.75 Å². The number of nitrogens with zero attached hydrogens (tertiary/aromatic N) is 3. The van der Waals surface area contributed by atoms with Crippen LogP contribution in [-0.4, -0.2) is 27.7 Å². The van der Waals surface area contributed by atoms with Gasteiger partial charge in [0.15, 0.2) is 0 Å². The molecule has 0 saturated carbocycles. The third kappa shape index (κ3) is 3.34. The van der Waals surface area contributed by atoms with Crippen molar-refractivity contribution in [2.75, 3.05) is 0 Å². The van der Waals surface area contributed by atoms with Gasteiger partial charge in [0, 0.05) is 29.7 Å². The highest BCUT2D eigenvalue weighted by atomic mass is 16.6. The maximum absolute atomic E-state index is 13.3. The quantitative estimate of drug-likeness (QED) is 0.353. The molecule has 0 fully saturated rings. The van der Waals surface area contributed by atoms with Crippen LogP contribution in [0.25, 0.3) is 0 Å². The van der Waals surface area contributed by atoms with Gasteiger partial charge in [0.2, 0.25) is 5.78 Å². The number of fused-ring (bicyclic) bond motifs is 3. The summed E-state index contributed by atoms with van der Waals surface area (Å²) in [5.74, 6) is 0.368. The Bertz CT molecular complexity index is 1200. The number of nitro groups is 1. The van der Waals surface area contributed by atoms with Crippen molar-refractivity contribution in [3.8, 4) is 5.75 Å². The smallest absolute Gasteiger partial charge is 0.269 e. The van der Waals surface area contributed by atoms with Crippen LogP contribution in [0.3, 0.4) is 0 Å². The van der Waals surface area contributed by atoms with Gasteiger partial charge in [0.05, 0.1) is 16.7 Å². The first-order valence-corrected chi connectivity index (χ1v) is 9.98. The molecule has 7 heteroatoms. The van der Waals surface area contributed by atoms with E-state index in [1.165, 1.54) is 29.8 Å². The van der Waals surface area contributed by atoms with Gasteiger partial charge in [0.25, 0.3) is 11.9 Å². The van der Waals surface area contributed by atoms with E-state index in [0.29, 0.717) is 17.7 Å². The lowest BCUT2D eigenvalue weighted by Gasteiger charge is -2.37.